The number of aromatic nitrogens is 3. The van der Waals surface area contributed by atoms with Crippen LogP contribution in [-0.2, 0) is 4.74 Å². The lowest BCUT2D eigenvalue weighted by Crippen LogP contribution is -2.31. The van der Waals surface area contributed by atoms with Gasteiger partial charge in [-0.1, -0.05) is 25.0 Å². The molecule has 3 heterocycles. The van der Waals surface area contributed by atoms with Gasteiger partial charge in [-0.15, -0.1) is 0 Å². The zero-order chi connectivity index (χ0) is 26.8. The standard InChI is InChI=1S/C30H40N6O3/c1-19-14-22(6-9-24(19)30(38)33-23-7-8-23)25-17-32-36-28(31-16-20-10-12-39-13-11-20)15-27(35-29(25)36)34-26(18-37)21-4-2-3-5-21/h6,9,14-15,17,20-21,23,26,31,37H,2-5,7-8,10-13,16,18H2,1H3,(H,33,38)(H,34,35). The van der Waals surface area contributed by atoms with Gasteiger partial charge in [0.2, 0.25) is 0 Å². The molecule has 1 atom stereocenters. The van der Waals surface area contributed by atoms with E-state index in [0.29, 0.717) is 23.4 Å². The summed E-state index contributed by atoms with van der Waals surface area (Å²) in [6.45, 7) is 4.52. The van der Waals surface area contributed by atoms with E-state index in [0.717, 1.165) is 92.3 Å². The number of aryl methyl sites for hydroxylation is 1. The van der Waals surface area contributed by atoms with E-state index in [1.807, 2.05) is 41.9 Å². The number of aliphatic hydroxyl groups is 1. The molecule has 3 fully saturated rings. The smallest absolute Gasteiger partial charge is 0.251 e. The summed E-state index contributed by atoms with van der Waals surface area (Å²) in [5.74, 6) is 2.61. The van der Waals surface area contributed by atoms with Crippen LogP contribution in [0.3, 0.4) is 0 Å². The predicted octanol–water partition coefficient (Wildman–Crippen LogP) is 4.40. The third-order valence-corrected chi connectivity index (χ3v) is 8.58. The second kappa shape index (κ2) is 11.5. The minimum atomic E-state index is -0.0244. The molecule has 1 saturated heterocycles. The second-order valence-electron chi connectivity index (χ2n) is 11.5. The number of nitrogens with zero attached hydrogens (tertiary/aromatic N) is 3. The molecule has 2 saturated carbocycles. The molecule has 3 aromatic rings. The van der Waals surface area contributed by atoms with E-state index in [-0.39, 0.29) is 18.6 Å². The summed E-state index contributed by atoms with van der Waals surface area (Å²) in [7, 11) is 0. The Morgan fingerprint density at radius 1 is 1.13 bits per heavy atom. The van der Waals surface area contributed by atoms with E-state index < -0.39 is 0 Å². The Labute approximate surface area is 229 Å². The highest BCUT2D eigenvalue weighted by molar-refractivity contribution is 5.97. The molecule has 4 N–H and O–H groups in total. The average Bonchev–Trinajstić information content (AvgIpc) is 3.41. The summed E-state index contributed by atoms with van der Waals surface area (Å²) in [5.41, 5.74) is 4.26. The molecule has 0 radical (unpaired) electrons. The number of aliphatic hydroxyl groups excluding tert-OH is 1. The summed E-state index contributed by atoms with van der Waals surface area (Å²) < 4.78 is 7.41. The lowest BCUT2D eigenvalue weighted by Gasteiger charge is -2.25. The molecule has 3 aliphatic rings. The van der Waals surface area contributed by atoms with Crippen molar-refractivity contribution < 1.29 is 14.6 Å². The molecule has 208 valence electrons. The van der Waals surface area contributed by atoms with Gasteiger partial charge < -0.3 is 25.8 Å². The summed E-state index contributed by atoms with van der Waals surface area (Å²) >= 11 is 0. The van der Waals surface area contributed by atoms with E-state index in [2.05, 4.69) is 16.0 Å². The molecule has 1 amide bonds. The third-order valence-electron chi connectivity index (χ3n) is 8.58. The van der Waals surface area contributed by atoms with E-state index in [9.17, 15) is 9.90 Å². The number of anilines is 2. The third kappa shape index (κ3) is 5.89. The van der Waals surface area contributed by atoms with Gasteiger partial charge in [-0.2, -0.15) is 9.61 Å². The van der Waals surface area contributed by atoms with Gasteiger partial charge in [-0.05, 0) is 74.5 Å². The van der Waals surface area contributed by atoms with Gasteiger partial charge in [0.05, 0.1) is 18.8 Å². The van der Waals surface area contributed by atoms with Gasteiger partial charge >= 0.3 is 0 Å². The molecule has 0 spiro atoms. The number of nitrogens with one attached hydrogen (secondary N) is 3. The van der Waals surface area contributed by atoms with E-state index >= 15 is 0 Å². The van der Waals surface area contributed by atoms with Crippen molar-refractivity contribution in [2.75, 3.05) is 37.0 Å². The number of amides is 1. The van der Waals surface area contributed by atoms with Crippen molar-refractivity contribution in [1.29, 1.82) is 0 Å². The summed E-state index contributed by atoms with van der Waals surface area (Å²) in [6, 6.07) is 8.24. The number of hydrogen-bond acceptors (Lipinski definition) is 7. The zero-order valence-corrected chi connectivity index (χ0v) is 22.8. The number of carbonyl (C=O) groups is 1. The van der Waals surface area contributed by atoms with Gasteiger partial charge in [0.15, 0.2) is 5.65 Å². The average molecular weight is 533 g/mol. The Morgan fingerprint density at radius 3 is 2.64 bits per heavy atom. The fourth-order valence-corrected chi connectivity index (χ4v) is 6.00. The zero-order valence-electron chi connectivity index (χ0n) is 22.8. The largest absolute Gasteiger partial charge is 0.394 e. The maximum Gasteiger partial charge on any atom is 0.251 e. The Morgan fingerprint density at radius 2 is 1.92 bits per heavy atom. The topological polar surface area (TPSA) is 113 Å². The van der Waals surface area contributed by atoms with E-state index in [4.69, 9.17) is 14.8 Å². The van der Waals surface area contributed by atoms with Crippen LogP contribution in [0, 0.1) is 18.8 Å². The Bertz CT molecular complexity index is 1310. The van der Waals surface area contributed by atoms with Crippen LogP contribution < -0.4 is 16.0 Å². The van der Waals surface area contributed by atoms with Crippen molar-refractivity contribution in [2.24, 2.45) is 11.8 Å². The number of carbonyl (C=O) groups excluding carboxylic acids is 1. The maximum absolute atomic E-state index is 12.7. The molecule has 0 bridgehead atoms. The number of rotatable bonds is 10. The molecule has 39 heavy (non-hydrogen) atoms. The fourth-order valence-electron chi connectivity index (χ4n) is 6.00. The first-order valence-corrected chi connectivity index (χ1v) is 14.6. The lowest BCUT2D eigenvalue weighted by molar-refractivity contribution is 0.0699. The van der Waals surface area contributed by atoms with Gasteiger partial charge in [0.1, 0.15) is 11.6 Å². The molecule has 6 rings (SSSR count). The first-order chi connectivity index (χ1) is 19.1. The van der Waals surface area contributed by atoms with Crippen LogP contribution in [0.1, 0.15) is 67.3 Å². The summed E-state index contributed by atoms with van der Waals surface area (Å²) in [5, 5.41) is 25.2. The van der Waals surface area contributed by atoms with Crippen molar-refractivity contribution in [2.45, 2.75) is 70.4 Å². The lowest BCUT2D eigenvalue weighted by atomic mass is 9.99. The normalized spacial score (nSPS) is 19.3. The van der Waals surface area contributed by atoms with Crippen LogP contribution >= 0.6 is 0 Å². The van der Waals surface area contributed by atoms with E-state index in [1.54, 1.807) is 0 Å². The molecule has 2 aliphatic carbocycles. The molecular weight excluding hydrogens is 492 g/mol. The first-order valence-electron chi connectivity index (χ1n) is 14.6. The molecule has 9 heteroatoms. The summed E-state index contributed by atoms with van der Waals surface area (Å²) in [6.07, 6.45) is 10.8. The highest BCUT2D eigenvalue weighted by Gasteiger charge is 2.26. The van der Waals surface area contributed by atoms with E-state index in [1.165, 1.54) is 12.8 Å². The van der Waals surface area contributed by atoms with Crippen molar-refractivity contribution in [3.63, 3.8) is 0 Å². The minimum Gasteiger partial charge on any atom is -0.394 e. The monoisotopic (exact) mass is 532 g/mol. The molecule has 1 aromatic carbocycles. The Balaban J connectivity index is 1.32. The van der Waals surface area contributed by atoms with Gasteiger partial charge in [-0.3, -0.25) is 4.79 Å². The van der Waals surface area contributed by atoms with Crippen LogP contribution in [0.25, 0.3) is 16.8 Å². The van der Waals surface area contributed by atoms with Gasteiger partial charge in [0.25, 0.3) is 5.91 Å². The van der Waals surface area contributed by atoms with Gasteiger partial charge in [-0.25, -0.2) is 4.98 Å². The number of benzene rings is 1. The molecule has 9 nitrogen and oxygen atoms in total. The van der Waals surface area contributed by atoms with Crippen molar-refractivity contribution >= 4 is 23.2 Å². The molecule has 1 aliphatic heterocycles. The van der Waals surface area contributed by atoms with Crippen LogP contribution in [0.4, 0.5) is 11.6 Å². The summed E-state index contributed by atoms with van der Waals surface area (Å²) in [4.78, 5) is 17.7. The van der Waals surface area contributed by atoms with Crippen molar-refractivity contribution in [1.82, 2.24) is 19.9 Å². The number of hydrogen-bond donors (Lipinski definition) is 4. The highest BCUT2D eigenvalue weighted by atomic mass is 16.5. The van der Waals surface area contributed by atoms with Crippen LogP contribution in [0.2, 0.25) is 0 Å². The fraction of sp³-hybridized carbons (Fsp3) is 0.567. The quantitative estimate of drug-likeness (QED) is 0.306. The highest BCUT2D eigenvalue weighted by Crippen LogP contribution is 2.32. The Hall–Kier alpha value is -3.17. The first kappa shape index (κ1) is 26.1. The predicted molar refractivity (Wildman–Crippen MR) is 152 cm³/mol. The van der Waals surface area contributed by atoms with Crippen LogP contribution in [0.15, 0.2) is 30.5 Å². The molecule has 2 aromatic heterocycles. The SMILES string of the molecule is Cc1cc(-c2cnn3c(NCC4CCOCC4)cc(NC(CO)C4CCCC4)nc23)ccc1C(=O)NC1CC1. The second-order valence-corrected chi connectivity index (χ2v) is 11.5. The van der Waals surface area contributed by atoms with Crippen molar-refractivity contribution in [3.8, 4) is 11.1 Å². The van der Waals surface area contributed by atoms with Crippen LogP contribution in [-0.4, -0.2) is 64.1 Å². The van der Waals surface area contributed by atoms with Crippen LogP contribution in [0.5, 0.6) is 0 Å². The molecule has 1 unspecified atom stereocenters. The number of ether oxygens (including phenoxy) is 1. The molecular formula is C30H40N6O3. The van der Waals surface area contributed by atoms with Gasteiger partial charge in [0, 0.05) is 43.0 Å². The maximum atomic E-state index is 12.7. The number of fused-ring (bicyclic) bond motifs is 1. The van der Waals surface area contributed by atoms with Crippen molar-refractivity contribution in [3.05, 3.63) is 41.6 Å². The Kier molecular flexibility index (Phi) is 7.70. The minimum absolute atomic E-state index is 0.00687.